The fourth-order valence-corrected chi connectivity index (χ4v) is 4.10. The van der Waals surface area contributed by atoms with Crippen molar-refractivity contribution in [2.45, 2.75) is 32.9 Å². The summed E-state index contributed by atoms with van der Waals surface area (Å²) in [6.45, 7) is 2.98. The second-order valence-corrected chi connectivity index (χ2v) is 7.56. The molecule has 4 rings (SSSR count). The van der Waals surface area contributed by atoms with Crippen LogP contribution < -0.4 is 16.0 Å². The van der Waals surface area contributed by atoms with Crippen LogP contribution in [0.25, 0.3) is 22.6 Å². The van der Waals surface area contributed by atoms with Gasteiger partial charge < -0.3 is 9.30 Å². The molecule has 0 bridgehead atoms. The van der Waals surface area contributed by atoms with Crippen LogP contribution in [0.4, 0.5) is 0 Å². The SMILES string of the molecule is CCCCn1c(=O)[nH]c(=O)c2c1nc(-c1ccsc1)n2Cc1ccccc1OC. The second kappa shape index (κ2) is 8.08. The Labute approximate surface area is 171 Å². The molecule has 0 amide bonds. The number of benzene rings is 1. The number of imidazole rings is 1. The number of rotatable bonds is 7. The van der Waals surface area contributed by atoms with Crippen molar-refractivity contribution >= 4 is 22.5 Å². The number of aromatic amines is 1. The van der Waals surface area contributed by atoms with Gasteiger partial charge in [0.15, 0.2) is 11.2 Å². The van der Waals surface area contributed by atoms with E-state index in [1.165, 1.54) is 0 Å². The Morgan fingerprint density at radius 1 is 1.17 bits per heavy atom. The number of fused-ring (bicyclic) bond motifs is 1. The number of hydrogen-bond acceptors (Lipinski definition) is 5. The molecule has 0 aliphatic heterocycles. The van der Waals surface area contributed by atoms with Gasteiger partial charge in [0.05, 0.1) is 13.7 Å². The maximum atomic E-state index is 12.8. The number of aryl methyl sites for hydroxylation is 1. The van der Waals surface area contributed by atoms with E-state index < -0.39 is 11.2 Å². The molecule has 3 heterocycles. The second-order valence-electron chi connectivity index (χ2n) is 6.78. The Hall–Kier alpha value is -3.13. The predicted octanol–water partition coefficient (Wildman–Crippen LogP) is 3.47. The van der Waals surface area contributed by atoms with Crippen LogP contribution in [-0.2, 0) is 13.1 Å². The molecule has 1 N–H and O–H groups in total. The molecule has 0 aliphatic rings. The Bertz CT molecular complexity index is 1250. The molecule has 4 aromatic rings. The Kier molecular flexibility index (Phi) is 5.35. The van der Waals surface area contributed by atoms with Crippen molar-refractivity contribution in [1.29, 1.82) is 0 Å². The lowest BCUT2D eigenvalue weighted by atomic mass is 10.2. The Morgan fingerprint density at radius 2 is 2.00 bits per heavy atom. The molecule has 0 aliphatic carbocycles. The maximum Gasteiger partial charge on any atom is 0.330 e. The van der Waals surface area contributed by atoms with E-state index in [1.54, 1.807) is 23.0 Å². The zero-order valence-electron chi connectivity index (χ0n) is 16.3. The molecule has 7 nitrogen and oxygen atoms in total. The number of ether oxygens (including phenoxy) is 1. The molecule has 0 saturated carbocycles. The third-order valence-corrected chi connectivity index (χ3v) is 5.60. The van der Waals surface area contributed by atoms with E-state index in [9.17, 15) is 9.59 Å². The van der Waals surface area contributed by atoms with E-state index in [2.05, 4.69) is 11.9 Å². The largest absolute Gasteiger partial charge is 0.496 e. The van der Waals surface area contributed by atoms with Gasteiger partial charge >= 0.3 is 5.69 Å². The van der Waals surface area contributed by atoms with Gasteiger partial charge in [-0.15, -0.1) is 0 Å². The summed E-state index contributed by atoms with van der Waals surface area (Å²) in [7, 11) is 1.62. The summed E-state index contributed by atoms with van der Waals surface area (Å²) in [5.74, 6) is 1.40. The van der Waals surface area contributed by atoms with Crippen LogP contribution in [0.15, 0.2) is 50.7 Å². The quantitative estimate of drug-likeness (QED) is 0.506. The zero-order chi connectivity index (χ0) is 20.4. The first-order chi connectivity index (χ1) is 14.1. The molecule has 0 atom stereocenters. The van der Waals surface area contributed by atoms with Crippen LogP contribution in [-0.4, -0.2) is 26.2 Å². The van der Waals surface area contributed by atoms with Crippen molar-refractivity contribution in [3.05, 3.63) is 67.5 Å². The average Bonchev–Trinajstić information content (AvgIpc) is 3.36. The summed E-state index contributed by atoms with van der Waals surface area (Å²) in [5, 5.41) is 3.96. The molecule has 0 fully saturated rings. The predicted molar refractivity (Wildman–Crippen MR) is 115 cm³/mol. The monoisotopic (exact) mass is 410 g/mol. The van der Waals surface area contributed by atoms with Gasteiger partial charge in [0.25, 0.3) is 5.56 Å². The first kappa shape index (κ1) is 19.2. The van der Waals surface area contributed by atoms with Gasteiger partial charge in [-0.25, -0.2) is 9.78 Å². The summed E-state index contributed by atoms with van der Waals surface area (Å²) >= 11 is 1.56. The van der Waals surface area contributed by atoms with Crippen LogP contribution in [0.2, 0.25) is 0 Å². The number of H-pyrrole nitrogens is 1. The highest BCUT2D eigenvalue weighted by Gasteiger charge is 2.20. The van der Waals surface area contributed by atoms with Gasteiger partial charge in [0.1, 0.15) is 11.6 Å². The molecule has 150 valence electrons. The first-order valence-electron chi connectivity index (χ1n) is 9.51. The molecule has 29 heavy (non-hydrogen) atoms. The molecular weight excluding hydrogens is 388 g/mol. The fraction of sp³-hybridized carbons (Fsp3) is 0.286. The van der Waals surface area contributed by atoms with E-state index in [4.69, 9.17) is 9.72 Å². The molecular formula is C21H22N4O3S. The minimum Gasteiger partial charge on any atom is -0.496 e. The first-order valence-corrected chi connectivity index (χ1v) is 10.5. The van der Waals surface area contributed by atoms with Crippen molar-refractivity contribution in [3.63, 3.8) is 0 Å². The summed E-state index contributed by atoms with van der Waals surface area (Å²) in [5.41, 5.74) is 1.80. The van der Waals surface area contributed by atoms with Gasteiger partial charge in [-0.05, 0) is 23.9 Å². The molecule has 0 saturated heterocycles. The molecule has 0 spiro atoms. The van der Waals surface area contributed by atoms with Crippen molar-refractivity contribution in [1.82, 2.24) is 19.1 Å². The minimum absolute atomic E-state index is 0.396. The van der Waals surface area contributed by atoms with Gasteiger partial charge in [0.2, 0.25) is 0 Å². The third kappa shape index (κ3) is 3.51. The van der Waals surface area contributed by atoms with Gasteiger partial charge in [-0.2, -0.15) is 11.3 Å². The van der Waals surface area contributed by atoms with Gasteiger partial charge in [0, 0.05) is 23.1 Å². The number of unbranched alkanes of at least 4 members (excludes halogenated alkanes) is 1. The summed E-state index contributed by atoms with van der Waals surface area (Å²) < 4.78 is 8.93. The summed E-state index contributed by atoms with van der Waals surface area (Å²) in [6, 6.07) is 9.66. The standard InChI is InChI=1S/C21H22N4O3S/c1-3-4-10-24-19-17(20(26)23-21(24)27)25(18(22-19)15-9-11-29-13-15)12-14-7-5-6-8-16(14)28-2/h5-9,11,13H,3-4,10,12H2,1-2H3,(H,23,26,27). The Balaban J connectivity index is 1.99. The molecule has 8 heteroatoms. The number of methoxy groups -OCH3 is 1. The summed E-state index contributed by atoms with van der Waals surface area (Å²) in [4.78, 5) is 32.5. The van der Waals surface area contributed by atoms with E-state index in [-0.39, 0.29) is 0 Å². The van der Waals surface area contributed by atoms with E-state index in [0.29, 0.717) is 30.1 Å². The highest BCUT2D eigenvalue weighted by Crippen LogP contribution is 2.27. The lowest BCUT2D eigenvalue weighted by molar-refractivity contribution is 0.408. The smallest absolute Gasteiger partial charge is 0.330 e. The van der Waals surface area contributed by atoms with Crippen molar-refractivity contribution in [2.75, 3.05) is 7.11 Å². The molecule has 0 unspecified atom stereocenters. The zero-order valence-corrected chi connectivity index (χ0v) is 17.2. The van der Waals surface area contributed by atoms with Crippen molar-refractivity contribution < 1.29 is 4.74 Å². The van der Waals surface area contributed by atoms with Crippen LogP contribution in [0, 0.1) is 0 Å². The Morgan fingerprint density at radius 3 is 2.72 bits per heavy atom. The van der Waals surface area contributed by atoms with Crippen LogP contribution in [0.3, 0.4) is 0 Å². The average molecular weight is 410 g/mol. The summed E-state index contributed by atoms with van der Waals surface area (Å²) in [6.07, 6.45) is 1.76. The minimum atomic E-state index is -0.429. The number of nitrogens with one attached hydrogen (secondary N) is 1. The van der Waals surface area contributed by atoms with Crippen LogP contribution in [0.1, 0.15) is 25.3 Å². The molecule has 1 aromatic carbocycles. The third-order valence-electron chi connectivity index (χ3n) is 4.92. The normalized spacial score (nSPS) is 11.2. The highest BCUT2D eigenvalue weighted by molar-refractivity contribution is 7.08. The number of nitrogens with zero attached hydrogens (tertiary/aromatic N) is 3. The number of para-hydroxylation sites is 1. The van der Waals surface area contributed by atoms with Crippen molar-refractivity contribution in [2.24, 2.45) is 0 Å². The molecule has 3 aromatic heterocycles. The topological polar surface area (TPSA) is 81.9 Å². The van der Waals surface area contributed by atoms with Crippen LogP contribution >= 0.6 is 11.3 Å². The molecule has 0 radical (unpaired) electrons. The van der Waals surface area contributed by atoms with Gasteiger partial charge in [-0.1, -0.05) is 31.5 Å². The number of hydrogen-bond donors (Lipinski definition) is 1. The van der Waals surface area contributed by atoms with E-state index in [0.717, 1.165) is 29.7 Å². The fourth-order valence-electron chi connectivity index (χ4n) is 3.47. The van der Waals surface area contributed by atoms with Crippen molar-refractivity contribution in [3.8, 4) is 17.1 Å². The van der Waals surface area contributed by atoms with E-state index in [1.807, 2.05) is 45.7 Å². The number of aromatic nitrogens is 4. The highest BCUT2D eigenvalue weighted by atomic mass is 32.1. The van der Waals surface area contributed by atoms with Crippen LogP contribution in [0.5, 0.6) is 5.75 Å². The lowest BCUT2D eigenvalue weighted by Crippen LogP contribution is -2.31. The van der Waals surface area contributed by atoms with E-state index >= 15 is 0 Å². The van der Waals surface area contributed by atoms with Gasteiger partial charge in [-0.3, -0.25) is 14.3 Å². The maximum absolute atomic E-state index is 12.8. The number of thiophene rings is 1. The lowest BCUT2D eigenvalue weighted by Gasteiger charge is -2.12.